The summed E-state index contributed by atoms with van der Waals surface area (Å²) < 4.78 is 0.743. The molecule has 112 valence electrons. The molecule has 0 bridgehead atoms. The summed E-state index contributed by atoms with van der Waals surface area (Å²) >= 11 is 4.89. The minimum Gasteiger partial charge on any atom is -0.312 e. The SMILES string of the molecule is CN1CCc2c(sc(NC(=O)c3ccccc3Br)c2C#N)C1. The lowest BCUT2D eigenvalue weighted by Crippen LogP contribution is -2.25. The largest absolute Gasteiger partial charge is 0.312 e. The van der Waals surface area contributed by atoms with Crippen LogP contribution in [0, 0.1) is 11.3 Å². The smallest absolute Gasteiger partial charge is 0.257 e. The van der Waals surface area contributed by atoms with Gasteiger partial charge in [0.15, 0.2) is 0 Å². The Bertz CT molecular complexity index is 778. The van der Waals surface area contributed by atoms with Gasteiger partial charge in [-0.15, -0.1) is 11.3 Å². The fourth-order valence-corrected chi connectivity index (χ4v) is 4.29. The van der Waals surface area contributed by atoms with Gasteiger partial charge < -0.3 is 10.2 Å². The highest BCUT2D eigenvalue weighted by Gasteiger charge is 2.24. The maximum absolute atomic E-state index is 12.4. The van der Waals surface area contributed by atoms with E-state index in [0.29, 0.717) is 16.1 Å². The van der Waals surface area contributed by atoms with Gasteiger partial charge in [0.05, 0.1) is 11.1 Å². The fraction of sp³-hybridized carbons (Fsp3) is 0.250. The second-order valence-electron chi connectivity index (χ2n) is 5.24. The Morgan fingerprint density at radius 3 is 2.95 bits per heavy atom. The Hall–Kier alpha value is -1.68. The van der Waals surface area contributed by atoms with Gasteiger partial charge >= 0.3 is 0 Å². The van der Waals surface area contributed by atoms with E-state index in [4.69, 9.17) is 0 Å². The first-order chi connectivity index (χ1) is 10.6. The minimum atomic E-state index is -0.198. The van der Waals surface area contributed by atoms with Crippen LogP contribution in [0.25, 0.3) is 0 Å². The Balaban J connectivity index is 1.92. The lowest BCUT2D eigenvalue weighted by molar-refractivity contribution is 0.102. The molecule has 1 aromatic heterocycles. The van der Waals surface area contributed by atoms with Crippen LogP contribution >= 0.6 is 27.3 Å². The summed E-state index contributed by atoms with van der Waals surface area (Å²) in [4.78, 5) is 15.8. The number of hydrogen-bond donors (Lipinski definition) is 1. The summed E-state index contributed by atoms with van der Waals surface area (Å²) in [6.07, 6.45) is 0.857. The minimum absolute atomic E-state index is 0.198. The quantitative estimate of drug-likeness (QED) is 0.871. The van der Waals surface area contributed by atoms with Gasteiger partial charge in [-0.2, -0.15) is 5.26 Å². The van der Waals surface area contributed by atoms with Gasteiger partial charge in [-0.1, -0.05) is 12.1 Å². The number of rotatable bonds is 2. The number of hydrogen-bond acceptors (Lipinski definition) is 4. The summed E-state index contributed by atoms with van der Waals surface area (Å²) in [5, 5.41) is 13.0. The molecule has 22 heavy (non-hydrogen) atoms. The Kier molecular flexibility index (Phi) is 4.30. The van der Waals surface area contributed by atoms with Gasteiger partial charge in [0.25, 0.3) is 5.91 Å². The molecule has 0 unspecified atom stereocenters. The van der Waals surface area contributed by atoms with E-state index in [0.717, 1.165) is 29.5 Å². The van der Waals surface area contributed by atoms with E-state index in [1.165, 1.54) is 16.2 Å². The molecule has 0 spiro atoms. The van der Waals surface area contributed by atoms with E-state index in [1.54, 1.807) is 6.07 Å². The van der Waals surface area contributed by atoms with Crippen molar-refractivity contribution < 1.29 is 4.79 Å². The highest BCUT2D eigenvalue weighted by molar-refractivity contribution is 9.10. The van der Waals surface area contributed by atoms with E-state index in [2.05, 4.69) is 39.3 Å². The first kappa shape index (κ1) is 15.2. The summed E-state index contributed by atoms with van der Waals surface area (Å²) in [5.41, 5.74) is 2.27. The normalized spacial score (nSPS) is 14.2. The van der Waals surface area contributed by atoms with Crippen LogP contribution in [0.4, 0.5) is 5.00 Å². The fourth-order valence-electron chi connectivity index (χ4n) is 2.55. The van der Waals surface area contributed by atoms with Crippen LogP contribution in [0.3, 0.4) is 0 Å². The molecule has 4 nitrogen and oxygen atoms in total. The number of likely N-dealkylation sites (N-methyl/N-ethyl adjacent to an activating group) is 1. The van der Waals surface area contributed by atoms with Crippen molar-refractivity contribution in [3.05, 3.63) is 50.3 Å². The van der Waals surface area contributed by atoms with Crippen molar-refractivity contribution in [3.63, 3.8) is 0 Å². The molecule has 2 heterocycles. The zero-order chi connectivity index (χ0) is 15.7. The molecule has 3 rings (SSSR count). The van der Waals surface area contributed by atoms with Crippen molar-refractivity contribution >= 4 is 38.2 Å². The molecule has 1 aliphatic rings. The predicted molar refractivity (Wildman–Crippen MR) is 91.2 cm³/mol. The third kappa shape index (κ3) is 2.80. The molecule has 1 aliphatic heterocycles. The zero-order valence-corrected chi connectivity index (χ0v) is 14.4. The second kappa shape index (κ2) is 6.21. The molecule has 0 aliphatic carbocycles. The third-order valence-corrected chi connectivity index (χ3v) is 5.53. The van der Waals surface area contributed by atoms with Crippen molar-refractivity contribution in [2.75, 3.05) is 18.9 Å². The maximum atomic E-state index is 12.4. The average Bonchev–Trinajstić information content (AvgIpc) is 2.83. The van der Waals surface area contributed by atoms with Gasteiger partial charge in [-0.05, 0) is 47.1 Å². The summed E-state index contributed by atoms with van der Waals surface area (Å²) in [6, 6.07) is 9.52. The van der Waals surface area contributed by atoms with Crippen molar-refractivity contribution in [1.82, 2.24) is 4.90 Å². The number of amides is 1. The molecule has 0 atom stereocenters. The van der Waals surface area contributed by atoms with Crippen molar-refractivity contribution in [2.45, 2.75) is 13.0 Å². The van der Waals surface area contributed by atoms with Crippen LogP contribution in [0.15, 0.2) is 28.7 Å². The van der Waals surface area contributed by atoms with Crippen molar-refractivity contribution in [1.29, 1.82) is 5.26 Å². The van der Waals surface area contributed by atoms with Crippen LogP contribution in [0.5, 0.6) is 0 Å². The average molecular weight is 376 g/mol. The number of carbonyl (C=O) groups is 1. The number of nitrogens with zero attached hydrogens (tertiary/aromatic N) is 2. The number of benzene rings is 1. The van der Waals surface area contributed by atoms with Crippen LogP contribution in [-0.2, 0) is 13.0 Å². The van der Waals surface area contributed by atoms with E-state index < -0.39 is 0 Å². The predicted octanol–water partition coefficient (Wildman–Crippen LogP) is 3.62. The lowest BCUT2D eigenvalue weighted by atomic mass is 10.0. The first-order valence-corrected chi connectivity index (χ1v) is 8.50. The molecular weight excluding hydrogens is 362 g/mol. The van der Waals surface area contributed by atoms with E-state index in [1.807, 2.05) is 18.2 Å². The molecule has 0 fully saturated rings. The number of thiophene rings is 1. The van der Waals surface area contributed by atoms with Crippen LogP contribution in [-0.4, -0.2) is 24.4 Å². The second-order valence-corrected chi connectivity index (χ2v) is 7.20. The topological polar surface area (TPSA) is 56.1 Å². The zero-order valence-electron chi connectivity index (χ0n) is 12.0. The molecule has 1 amide bonds. The number of nitrogens with one attached hydrogen (secondary N) is 1. The van der Waals surface area contributed by atoms with Crippen LogP contribution in [0.2, 0.25) is 0 Å². The standard InChI is InChI=1S/C16H14BrN3OS/c1-20-7-6-10-12(8-18)16(22-14(10)9-20)19-15(21)11-4-2-3-5-13(11)17/h2-5H,6-7,9H2,1H3,(H,19,21). The van der Waals surface area contributed by atoms with Crippen molar-refractivity contribution in [3.8, 4) is 6.07 Å². The van der Waals surface area contributed by atoms with Gasteiger partial charge in [0.1, 0.15) is 11.1 Å². The van der Waals surface area contributed by atoms with E-state index >= 15 is 0 Å². The number of anilines is 1. The molecule has 6 heteroatoms. The molecule has 1 N–H and O–H groups in total. The summed E-state index contributed by atoms with van der Waals surface area (Å²) in [5.74, 6) is -0.198. The Morgan fingerprint density at radius 2 is 2.23 bits per heavy atom. The summed E-state index contributed by atoms with van der Waals surface area (Å²) in [6.45, 7) is 1.77. The van der Waals surface area contributed by atoms with Crippen LogP contribution in [0.1, 0.15) is 26.4 Å². The molecule has 0 saturated heterocycles. The van der Waals surface area contributed by atoms with E-state index in [-0.39, 0.29) is 5.91 Å². The molecule has 1 aromatic carbocycles. The number of nitriles is 1. The number of halogens is 1. The summed E-state index contributed by atoms with van der Waals surface area (Å²) in [7, 11) is 2.06. The van der Waals surface area contributed by atoms with Crippen molar-refractivity contribution in [2.24, 2.45) is 0 Å². The Labute approximate surface area is 141 Å². The van der Waals surface area contributed by atoms with E-state index in [9.17, 15) is 10.1 Å². The monoisotopic (exact) mass is 375 g/mol. The van der Waals surface area contributed by atoms with Crippen LogP contribution < -0.4 is 5.32 Å². The van der Waals surface area contributed by atoms with Gasteiger partial charge in [-0.3, -0.25) is 4.79 Å². The number of carbonyl (C=O) groups excluding carboxylic acids is 1. The number of fused-ring (bicyclic) bond motifs is 1. The third-order valence-electron chi connectivity index (χ3n) is 3.71. The molecular formula is C16H14BrN3OS. The van der Waals surface area contributed by atoms with Gasteiger partial charge in [0, 0.05) is 22.4 Å². The van der Waals surface area contributed by atoms with Gasteiger partial charge in [-0.25, -0.2) is 0 Å². The first-order valence-electron chi connectivity index (χ1n) is 6.89. The lowest BCUT2D eigenvalue weighted by Gasteiger charge is -2.21. The maximum Gasteiger partial charge on any atom is 0.257 e. The highest BCUT2D eigenvalue weighted by atomic mass is 79.9. The molecule has 2 aromatic rings. The Morgan fingerprint density at radius 1 is 1.45 bits per heavy atom. The molecule has 0 radical (unpaired) electrons. The highest BCUT2D eigenvalue weighted by Crippen LogP contribution is 2.36. The molecule has 0 saturated carbocycles. The van der Waals surface area contributed by atoms with Gasteiger partial charge in [0.2, 0.25) is 0 Å².